The van der Waals surface area contributed by atoms with Crippen LogP contribution in [0.2, 0.25) is 0 Å². The van der Waals surface area contributed by atoms with Gasteiger partial charge in [0.05, 0.1) is 23.0 Å². The summed E-state index contributed by atoms with van der Waals surface area (Å²) in [7, 11) is 0. The highest BCUT2D eigenvalue weighted by atomic mass is 19.4. The van der Waals surface area contributed by atoms with Crippen LogP contribution in [-0.2, 0) is 6.18 Å². The standard InChI is InChI=1S/C22H20F3N5/c1-13-17(6-4-7-20(13)22(23,24)25)14(2)27-21-19-12-16(30-11-5-10-26-30)8-9-18(19)15(3)28-29-21/h4-12,14H,1-3H3,(H,27,29). The van der Waals surface area contributed by atoms with Crippen LogP contribution in [0.25, 0.3) is 16.5 Å². The van der Waals surface area contributed by atoms with Gasteiger partial charge in [-0.05, 0) is 56.2 Å². The van der Waals surface area contributed by atoms with Crippen LogP contribution in [0.15, 0.2) is 54.9 Å². The second kappa shape index (κ2) is 7.44. The van der Waals surface area contributed by atoms with Crippen LogP contribution >= 0.6 is 0 Å². The Morgan fingerprint density at radius 1 is 1.00 bits per heavy atom. The zero-order chi connectivity index (χ0) is 21.5. The first-order chi connectivity index (χ1) is 14.3. The Morgan fingerprint density at radius 2 is 1.80 bits per heavy atom. The van der Waals surface area contributed by atoms with E-state index in [0.717, 1.165) is 28.2 Å². The maximum absolute atomic E-state index is 13.3. The number of benzene rings is 2. The Hall–Kier alpha value is -3.42. The Bertz CT molecular complexity index is 1200. The number of halogens is 3. The zero-order valence-corrected chi connectivity index (χ0v) is 16.7. The van der Waals surface area contributed by atoms with Gasteiger partial charge in [-0.1, -0.05) is 18.2 Å². The number of hydrogen-bond donors (Lipinski definition) is 1. The van der Waals surface area contributed by atoms with E-state index in [2.05, 4.69) is 20.6 Å². The molecule has 0 radical (unpaired) electrons. The van der Waals surface area contributed by atoms with E-state index in [1.54, 1.807) is 16.9 Å². The average Bonchev–Trinajstić information content (AvgIpc) is 3.24. The van der Waals surface area contributed by atoms with Crippen molar-refractivity contribution in [3.05, 3.63) is 77.2 Å². The largest absolute Gasteiger partial charge is 0.416 e. The van der Waals surface area contributed by atoms with Crippen molar-refractivity contribution in [1.82, 2.24) is 20.0 Å². The van der Waals surface area contributed by atoms with Crippen molar-refractivity contribution in [3.63, 3.8) is 0 Å². The van der Waals surface area contributed by atoms with E-state index < -0.39 is 17.8 Å². The highest BCUT2D eigenvalue weighted by Crippen LogP contribution is 2.35. The van der Waals surface area contributed by atoms with Gasteiger partial charge in [-0.3, -0.25) is 0 Å². The van der Waals surface area contributed by atoms with Gasteiger partial charge < -0.3 is 5.32 Å². The number of rotatable bonds is 4. The molecule has 0 saturated carbocycles. The number of anilines is 1. The lowest BCUT2D eigenvalue weighted by atomic mass is 9.97. The topological polar surface area (TPSA) is 55.6 Å². The van der Waals surface area contributed by atoms with Gasteiger partial charge in [-0.2, -0.15) is 23.4 Å². The average molecular weight is 411 g/mol. The third-order valence-corrected chi connectivity index (χ3v) is 5.22. The molecule has 1 N–H and O–H groups in total. The SMILES string of the molecule is Cc1c(C(C)Nc2nnc(C)c3ccc(-n4cccn4)cc23)cccc1C(F)(F)F. The predicted octanol–water partition coefficient (Wildman–Crippen LogP) is 5.62. The van der Waals surface area contributed by atoms with E-state index in [1.165, 1.54) is 13.0 Å². The van der Waals surface area contributed by atoms with E-state index in [0.29, 0.717) is 11.4 Å². The fourth-order valence-corrected chi connectivity index (χ4v) is 3.66. The van der Waals surface area contributed by atoms with Gasteiger partial charge in [0.15, 0.2) is 5.82 Å². The number of aromatic nitrogens is 4. The lowest BCUT2D eigenvalue weighted by Gasteiger charge is -2.21. The summed E-state index contributed by atoms with van der Waals surface area (Å²) in [6, 6.07) is 11.5. The zero-order valence-electron chi connectivity index (χ0n) is 16.7. The molecule has 2 heterocycles. The maximum atomic E-state index is 13.3. The molecular formula is C22H20F3N5. The third-order valence-electron chi connectivity index (χ3n) is 5.22. The van der Waals surface area contributed by atoms with E-state index in [4.69, 9.17) is 0 Å². The number of hydrogen-bond acceptors (Lipinski definition) is 4. The van der Waals surface area contributed by atoms with Crippen LogP contribution in [0.1, 0.15) is 35.3 Å². The number of fused-ring (bicyclic) bond motifs is 1. The van der Waals surface area contributed by atoms with E-state index in [-0.39, 0.29) is 5.56 Å². The molecule has 1 atom stereocenters. The molecular weight excluding hydrogens is 391 g/mol. The van der Waals surface area contributed by atoms with Crippen LogP contribution in [-0.4, -0.2) is 20.0 Å². The molecule has 0 saturated heterocycles. The Kier molecular flexibility index (Phi) is 4.93. The number of nitrogens with zero attached hydrogens (tertiary/aromatic N) is 4. The molecule has 2 aromatic heterocycles. The summed E-state index contributed by atoms with van der Waals surface area (Å²) in [4.78, 5) is 0. The monoisotopic (exact) mass is 411 g/mol. The molecule has 1 unspecified atom stereocenters. The van der Waals surface area contributed by atoms with Crippen LogP contribution < -0.4 is 5.32 Å². The van der Waals surface area contributed by atoms with Crippen LogP contribution in [0, 0.1) is 13.8 Å². The molecule has 30 heavy (non-hydrogen) atoms. The van der Waals surface area contributed by atoms with Gasteiger partial charge in [0.25, 0.3) is 0 Å². The van der Waals surface area contributed by atoms with E-state index in [1.807, 2.05) is 44.3 Å². The van der Waals surface area contributed by atoms with Crippen molar-refractivity contribution in [1.29, 1.82) is 0 Å². The molecule has 5 nitrogen and oxygen atoms in total. The Labute approximate surface area is 171 Å². The second-order valence-corrected chi connectivity index (χ2v) is 7.20. The molecule has 4 aromatic rings. The summed E-state index contributed by atoms with van der Waals surface area (Å²) in [6.45, 7) is 5.17. The minimum atomic E-state index is -4.39. The summed E-state index contributed by atoms with van der Waals surface area (Å²) < 4.78 is 41.6. The first-order valence-electron chi connectivity index (χ1n) is 9.46. The quantitative estimate of drug-likeness (QED) is 0.473. The lowest BCUT2D eigenvalue weighted by molar-refractivity contribution is -0.138. The van der Waals surface area contributed by atoms with Gasteiger partial charge in [-0.25, -0.2) is 4.68 Å². The van der Waals surface area contributed by atoms with Crippen molar-refractivity contribution in [2.75, 3.05) is 5.32 Å². The van der Waals surface area contributed by atoms with Gasteiger partial charge in [0.2, 0.25) is 0 Å². The minimum absolute atomic E-state index is 0.201. The molecule has 0 fully saturated rings. The van der Waals surface area contributed by atoms with Crippen molar-refractivity contribution < 1.29 is 13.2 Å². The molecule has 0 spiro atoms. The Morgan fingerprint density at radius 3 is 2.50 bits per heavy atom. The summed E-state index contributed by atoms with van der Waals surface area (Å²) in [6.07, 6.45) is -0.864. The van der Waals surface area contributed by atoms with Crippen molar-refractivity contribution >= 4 is 16.6 Å². The van der Waals surface area contributed by atoms with E-state index in [9.17, 15) is 13.2 Å². The molecule has 0 aliphatic heterocycles. The summed E-state index contributed by atoms with van der Waals surface area (Å²) in [5.74, 6) is 0.508. The molecule has 8 heteroatoms. The molecule has 154 valence electrons. The van der Waals surface area contributed by atoms with Crippen LogP contribution in [0.4, 0.5) is 19.0 Å². The van der Waals surface area contributed by atoms with Crippen LogP contribution in [0.3, 0.4) is 0 Å². The molecule has 0 aliphatic rings. The van der Waals surface area contributed by atoms with Gasteiger partial charge in [-0.15, -0.1) is 5.10 Å². The summed E-state index contributed by atoms with van der Waals surface area (Å²) >= 11 is 0. The first kappa shape index (κ1) is 19.9. The third kappa shape index (κ3) is 3.60. The molecule has 0 bridgehead atoms. The van der Waals surface area contributed by atoms with Crippen molar-refractivity contribution in [2.24, 2.45) is 0 Å². The normalized spacial score (nSPS) is 12.9. The van der Waals surface area contributed by atoms with Gasteiger partial charge >= 0.3 is 6.18 Å². The maximum Gasteiger partial charge on any atom is 0.416 e. The highest BCUT2D eigenvalue weighted by molar-refractivity contribution is 5.94. The molecule has 0 aliphatic carbocycles. The minimum Gasteiger partial charge on any atom is -0.362 e. The fraction of sp³-hybridized carbons (Fsp3) is 0.227. The Balaban J connectivity index is 1.75. The second-order valence-electron chi connectivity index (χ2n) is 7.20. The smallest absolute Gasteiger partial charge is 0.362 e. The molecule has 0 amide bonds. The number of alkyl halides is 3. The van der Waals surface area contributed by atoms with Gasteiger partial charge in [0.1, 0.15) is 0 Å². The first-order valence-corrected chi connectivity index (χ1v) is 9.46. The van der Waals surface area contributed by atoms with Crippen molar-refractivity contribution in [3.8, 4) is 5.69 Å². The fourth-order valence-electron chi connectivity index (χ4n) is 3.66. The molecule has 4 rings (SSSR count). The lowest BCUT2D eigenvalue weighted by Crippen LogP contribution is -2.14. The number of aryl methyl sites for hydroxylation is 1. The highest BCUT2D eigenvalue weighted by Gasteiger charge is 2.33. The molecule has 2 aromatic carbocycles. The summed E-state index contributed by atoms with van der Waals surface area (Å²) in [5.41, 5.74) is 1.75. The van der Waals surface area contributed by atoms with Gasteiger partial charge in [0, 0.05) is 23.2 Å². The van der Waals surface area contributed by atoms with Crippen molar-refractivity contribution in [2.45, 2.75) is 33.0 Å². The predicted molar refractivity (Wildman–Crippen MR) is 110 cm³/mol. The summed E-state index contributed by atoms with van der Waals surface area (Å²) in [5, 5.41) is 17.7. The van der Waals surface area contributed by atoms with Crippen LogP contribution in [0.5, 0.6) is 0 Å². The number of nitrogens with one attached hydrogen (secondary N) is 1. The van der Waals surface area contributed by atoms with E-state index >= 15 is 0 Å².